The summed E-state index contributed by atoms with van der Waals surface area (Å²) in [6.45, 7) is 5.91. The summed E-state index contributed by atoms with van der Waals surface area (Å²) < 4.78 is 0. The third kappa shape index (κ3) is 4.76. The van der Waals surface area contributed by atoms with Crippen LogP contribution in [0.5, 0.6) is 0 Å². The topological polar surface area (TPSA) is 86.9 Å². The van der Waals surface area contributed by atoms with E-state index in [0.29, 0.717) is 5.56 Å². The number of hydrogen-bond donors (Lipinski definition) is 3. The Hall–Kier alpha value is -3.15. The van der Waals surface area contributed by atoms with E-state index in [9.17, 15) is 9.59 Å². The van der Waals surface area contributed by atoms with E-state index in [0.717, 1.165) is 16.9 Å². The second-order valence-electron chi connectivity index (χ2n) is 7.37. The first-order valence-corrected chi connectivity index (χ1v) is 9.54. The number of aromatic nitrogens is 2. The van der Waals surface area contributed by atoms with Gasteiger partial charge in [0.1, 0.15) is 5.82 Å². The highest BCUT2D eigenvalue weighted by Crippen LogP contribution is 2.22. The van der Waals surface area contributed by atoms with Crippen molar-refractivity contribution in [3.63, 3.8) is 0 Å². The zero-order valence-electron chi connectivity index (χ0n) is 16.4. The van der Waals surface area contributed by atoms with Crippen molar-refractivity contribution < 1.29 is 9.59 Å². The molecule has 3 N–H and O–H groups in total. The summed E-state index contributed by atoms with van der Waals surface area (Å²) in [4.78, 5) is 32.7. The molecule has 3 rings (SSSR count). The van der Waals surface area contributed by atoms with E-state index in [1.165, 1.54) is 0 Å². The number of H-pyrrole nitrogens is 1. The number of carbonyl (C=O) groups excluding carboxylic acids is 2. The minimum atomic E-state index is -0.281. The number of amides is 2. The van der Waals surface area contributed by atoms with Gasteiger partial charge in [0.15, 0.2) is 0 Å². The number of nitrogens with one attached hydrogen (secondary N) is 3. The molecule has 0 spiro atoms. The maximum absolute atomic E-state index is 12.6. The van der Waals surface area contributed by atoms with E-state index in [2.05, 4.69) is 20.6 Å². The van der Waals surface area contributed by atoms with Crippen LogP contribution >= 0.6 is 0 Å². The second-order valence-corrected chi connectivity index (χ2v) is 7.37. The fraction of sp³-hybridized carbons (Fsp3) is 0.318. The Morgan fingerprint density at radius 2 is 1.64 bits per heavy atom. The summed E-state index contributed by atoms with van der Waals surface area (Å²) in [5.74, 6) is 0.600. The highest BCUT2D eigenvalue weighted by atomic mass is 16.2. The number of hydrogen-bond acceptors (Lipinski definition) is 3. The molecule has 6 heteroatoms. The molecule has 28 heavy (non-hydrogen) atoms. The van der Waals surface area contributed by atoms with Gasteiger partial charge in [-0.15, -0.1) is 0 Å². The van der Waals surface area contributed by atoms with Crippen LogP contribution in [0, 0.1) is 5.92 Å². The van der Waals surface area contributed by atoms with Crippen molar-refractivity contribution in [1.82, 2.24) is 20.6 Å². The zero-order chi connectivity index (χ0) is 20.1. The summed E-state index contributed by atoms with van der Waals surface area (Å²) >= 11 is 0. The van der Waals surface area contributed by atoms with Crippen LogP contribution in [0.1, 0.15) is 49.4 Å². The van der Waals surface area contributed by atoms with Crippen LogP contribution in [-0.2, 0) is 4.79 Å². The molecular weight excluding hydrogens is 352 g/mol. The van der Waals surface area contributed by atoms with E-state index < -0.39 is 0 Å². The highest BCUT2D eigenvalue weighted by Gasteiger charge is 2.23. The second kappa shape index (κ2) is 8.69. The van der Waals surface area contributed by atoms with Gasteiger partial charge < -0.3 is 15.6 Å². The zero-order valence-corrected chi connectivity index (χ0v) is 16.4. The predicted octanol–water partition coefficient (Wildman–Crippen LogP) is 3.58. The molecule has 0 saturated heterocycles. The smallest absolute Gasteiger partial charge is 0.251 e. The average Bonchev–Trinajstić information content (AvgIpc) is 3.10. The molecular formula is C22H26N4O2. The van der Waals surface area contributed by atoms with E-state index in [1.54, 1.807) is 12.1 Å². The first kappa shape index (κ1) is 19.6. The molecule has 0 aliphatic heterocycles. The lowest BCUT2D eigenvalue weighted by Gasteiger charge is -2.22. The quantitative estimate of drug-likeness (QED) is 0.587. The van der Waals surface area contributed by atoms with Gasteiger partial charge in [-0.05, 0) is 37.1 Å². The molecule has 3 aromatic rings. The van der Waals surface area contributed by atoms with Crippen molar-refractivity contribution in [3.05, 3.63) is 66.0 Å². The SMILES string of the molecule is CC(CC(=O)NC(c1nc2ccccc2[nH]1)C(C)C)NC(=O)c1ccccc1. The molecule has 2 aromatic carbocycles. The Morgan fingerprint density at radius 3 is 2.32 bits per heavy atom. The molecule has 2 amide bonds. The van der Waals surface area contributed by atoms with E-state index in [4.69, 9.17) is 0 Å². The number of nitrogens with zero attached hydrogens (tertiary/aromatic N) is 1. The summed E-state index contributed by atoms with van der Waals surface area (Å²) in [5, 5.41) is 5.92. The standard InChI is InChI=1S/C22H26N4O2/c1-14(2)20(21-24-17-11-7-8-12-18(17)25-21)26-19(27)13-15(3)23-22(28)16-9-5-4-6-10-16/h4-12,14-15,20H,13H2,1-3H3,(H,23,28)(H,24,25)(H,26,27). The molecule has 0 radical (unpaired) electrons. The first-order chi connectivity index (χ1) is 13.4. The van der Waals surface area contributed by atoms with Crippen LogP contribution in [0.4, 0.5) is 0 Å². The van der Waals surface area contributed by atoms with Gasteiger partial charge in [-0.3, -0.25) is 9.59 Å². The molecule has 1 aromatic heterocycles. The largest absolute Gasteiger partial charge is 0.349 e. The van der Waals surface area contributed by atoms with Gasteiger partial charge in [0.05, 0.1) is 17.1 Å². The molecule has 0 aliphatic carbocycles. The molecule has 1 heterocycles. The lowest BCUT2D eigenvalue weighted by atomic mass is 10.0. The lowest BCUT2D eigenvalue weighted by Crippen LogP contribution is -2.39. The Kier molecular flexibility index (Phi) is 6.09. The van der Waals surface area contributed by atoms with Crippen molar-refractivity contribution in [2.45, 2.75) is 39.3 Å². The van der Waals surface area contributed by atoms with Gasteiger partial charge in [0.25, 0.3) is 5.91 Å². The van der Waals surface area contributed by atoms with Gasteiger partial charge in [0.2, 0.25) is 5.91 Å². The number of para-hydroxylation sites is 2. The summed E-state index contributed by atoms with van der Waals surface area (Å²) in [6, 6.07) is 16.3. The van der Waals surface area contributed by atoms with Crippen molar-refractivity contribution in [2.24, 2.45) is 5.92 Å². The maximum Gasteiger partial charge on any atom is 0.251 e. The summed E-state index contributed by atoms with van der Waals surface area (Å²) in [6.07, 6.45) is 0.196. The normalized spacial score (nSPS) is 13.3. The number of benzene rings is 2. The fourth-order valence-electron chi connectivity index (χ4n) is 3.13. The van der Waals surface area contributed by atoms with Crippen molar-refractivity contribution >= 4 is 22.8 Å². The van der Waals surface area contributed by atoms with Gasteiger partial charge >= 0.3 is 0 Å². The van der Waals surface area contributed by atoms with E-state index in [1.807, 2.05) is 63.2 Å². The molecule has 146 valence electrons. The minimum Gasteiger partial charge on any atom is -0.349 e. The molecule has 6 nitrogen and oxygen atoms in total. The number of aromatic amines is 1. The molecule has 0 saturated carbocycles. The van der Waals surface area contributed by atoms with Gasteiger partial charge in [0, 0.05) is 18.0 Å². The number of imidazole rings is 1. The van der Waals surface area contributed by atoms with Crippen LogP contribution in [0.3, 0.4) is 0 Å². The first-order valence-electron chi connectivity index (χ1n) is 9.54. The Morgan fingerprint density at radius 1 is 0.964 bits per heavy atom. The summed E-state index contributed by atoms with van der Waals surface area (Å²) in [5.41, 5.74) is 2.40. The minimum absolute atomic E-state index is 0.125. The molecule has 2 atom stereocenters. The fourth-order valence-corrected chi connectivity index (χ4v) is 3.13. The highest BCUT2D eigenvalue weighted by molar-refractivity contribution is 5.94. The lowest BCUT2D eigenvalue weighted by molar-refractivity contribution is -0.122. The van der Waals surface area contributed by atoms with Gasteiger partial charge in [-0.25, -0.2) is 4.98 Å². The number of carbonyl (C=O) groups is 2. The predicted molar refractivity (Wildman–Crippen MR) is 110 cm³/mol. The number of rotatable bonds is 7. The third-order valence-electron chi connectivity index (χ3n) is 4.59. The monoisotopic (exact) mass is 378 g/mol. The van der Waals surface area contributed by atoms with Crippen molar-refractivity contribution in [1.29, 1.82) is 0 Å². The summed E-state index contributed by atoms with van der Waals surface area (Å²) in [7, 11) is 0. The van der Waals surface area contributed by atoms with Crippen LogP contribution in [-0.4, -0.2) is 27.8 Å². The molecule has 2 unspecified atom stereocenters. The van der Waals surface area contributed by atoms with Crippen LogP contribution in [0.2, 0.25) is 0 Å². The van der Waals surface area contributed by atoms with Crippen molar-refractivity contribution in [3.8, 4) is 0 Å². The van der Waals surface area contributed by atoms with E-state index >= 15 is 0 Å². The average molecular weight is 378 g/mol. The van der Waals surface area contributed by atoms with E-state index in [-0.39, 0.29) is 36.2 Å². The molecule has 0 aliphatic rings. The number of fused-ring (bicyclic) bond motifs is 1. The Bertz CT molecular complexity index is 916. The van der Waals surface area contributed by atoms with Crippen LogP contribution in [0.25, 0.3) is 11.0 Å². The van der Waals surface area contributed by atoms with Gasteiger partial charge in [-0.2, -0.15) is 0 Å². The maximum atomic E-state index is 12.6. The molecule has 0 bridgehead atoms. The Labute approximate surface area is 164 Å². The van der Waals surface area contributed by atoms with Crippen molar-refractivity contribution in [2.75, 3.05) is 0 Å². The van der Waals surface area contributed by atoms with Crippen LogP contribution < -0.4 is 10.6 Å². The van der Waals surface area contributed by atoms with Gasteiger partial charge in [-0.1, -0.05) is 44.2 Å². The molecule has 0 fully saturated rings. The Balaban J connectivity index is 1.62. The third-order valence-corrected chi connectivity index (χ3v) is 4.59. The van der Waals surface area contributed by atoms with Crippen LogP contribution in [0.15, 0.2) is 54.6 Å².